The van der Waals surface area contributed by atoms with Gasteiger partial charge < -0.3 is 0 Å². The summed E-state index contributed by atoms with van der Waals surface area (Å²) in [5, 5.41) is 0. The molecule has 1 saturated carbocycles. The minimum atomic E-state index is 0.791. The van der Waals surface area contributed by atoms with Crippen molar-refractivity contribution in [1.29, 1.82) is 0 Å². The third-order valence-electron chi connectivity index (χ3n) is 6.50. The maximum Gasteiger partial charge on any atom is 0.00693 e. The van der Waals surface area contributed by atoms with Crippen LogP contribution in [0, 0.1) is 11.8 Å². The average Bonchev–Trinajstić information content (AvgIpc) is 3.09. The van der Waals surface area contributed by atoms with Crippen LogP contribution >= 0.6 is 11.8 Å². The Bertz CT molecular complexity index is 748. The van der Waals surface area contributed by atoms with Gasteiger partial charge in [0.05, 0.1) is 0 Å². The quantitative estimate of drug-likeness (QED) is 0.525. The van der Waals surface area contributed by atoms with Crippen LogP contribution in [0.1, 0.15) is 73.3 Å². The predicted molar refractivity (Wildman–Crippen MR) is 114 cm³/mol. The van der Waals surface area contributed by atoms with Crippen LogP contribution < -0.4 is 0 Å². The zero-order chi connectivity index (χ0) is 18.1. The van der Waals surface area contributed by atoms with E-state index in [0.717, 1.165) is 24.2 Å². The summed E-state index contributed by atoms with van der Waals surface area (Å²) in [6, 6.07) is 14.2. The van der Waals surface area contributed by atoms with Crippen molar-refractivity contribution in [3.8, 4) is 0 Å². The topological polar surface area (TPSA) is 0 Å². The lowest BCUT2D eigenvalue weighted by atomic mass is 9.72. The van der Waals surface area contributed by atoms with Crippen molar-refractivity contribution >= 4 is 11.8 Å². The predicted octanol–water partition coefficient (Wildman–Crippen LogP) is 7.03. The highest BCUT2D eigenvalue weighted by molar-refractivity contribution is 7.98. The Kier molecular flexibility index (Phi) is 5.45. The van der Waals surface area contributed by atoms with Crippen LogP contribution in [-0.2, 0) is 19.3 Å². The summed E-state index contributed by atoms with van der Waals surface area (Å²) in [6.45, 7) is 4.92. The van der Waals surface area contributed by atoms with Crippen molar-refractivity contribution in [3.63, 3.8) is 0 Å². The molecule has 1 heteroatoms. The molecule has 2 aliphatic carbocycles. The van der Waals surface area contributed by atoms with Gasteiger partial charge in [-0.3, -0.25) is 0 Å². The highest BCUT2D eigenvalue weighted by atomic mass is 32.2. The molecule has 0 bridgehead atoms. The maximum atomic E-state index is 2.59. The second-order valence-corrected chi connectivity index (χ2v) is 9.70. The molecule has 0 aliphatic heterocycles. The second-order valence-electron chi connectivity index (χ2n) is 8.82. The molecule has 2 aromatic rings. The van der Waals surface area contributed by atoms with Crippen LogP contribution in [0.15, 0.2) is 41.3 Å². The zero-order valence-corrected chi connectivity index (χ0v) is 17.4. The van der Waals surface area contributed by atoms with Gasteiger partial charge in [-0.2, -0.15) is 0 Å². The molecule has 26 heavy (non-hydrogen) atoms. The van der Waals surface area contributed by atoms with Crippen molar-refractivity contribution in [2.45, 2.75) is 69.6 Å². The summed E-state index contributed by atoms with van der Waals surface area (Å²) in [5.74, 6) is 2.55. The molecule has 4 rings (SSSR count). The standard InChI is InChI=1S/C25H32S/c1-17-11-18(2)13-22(12-17)25-16-20(15-21-5-4-6-24(21)25)14-19-7-9-23(26-3)10-8-19/h7-10,15-18,22H,4-6,11-14H2,1-3H3. The summed E-state index contributed by atoms with van der Waals surface area (Å²) >= 11 is 1.82. The van der Waals surface area contributed by atoms with E-state index in [-0.39, 0.29) is 0 Å². The zero-order valence-electron chi connectivity index (χ0n) is 16.6. The first-order chi connectivity index (χ1) is 12.6. The van der Waals surface area contributed by atoms with Crippen molar-refractivity contribution in [2.24, 2.45) is 11.8 Å². The SMILES string of the molecule is CSc1ccc(Cc2cc3c(c(C4CC(C)CC(C)C4)c2)CCC3)cc1. The van der Waals surface area contributed by atoms with Crippen LogP contribution in [0.3, 0.4) is 0 Å². The normalized spacial score (nSPS) is 25.3. The maximum absolute atomic E-state index is 2.59. The fourth-order valence-electron chi connectivity index (χ4n) is 5.45. The minimum Gasteiger partial charge on any atom is -0.130 e. The number of aryl methyl sites for hydroxylation is 1. The van der Waals surface area contributed by atoms with E-state index < -0.39 is 0 Å². The van der Waals surface area contributed by atoms with Gasteiger partial charge in [0.1, 0.15) is 0 Å². The third kappa shape index (κ3) is 3.88. The van der Waals surface area contributed by atoms with E-state index in [2.05, 4.69) is 56.5 Å². The molecule has 0 heterocycles. The molecule has 1 fully saturated rings. The molecule has 2 aromatic carbocycles. The van der Waals surface area contributed by atoms with Crippen LogP contribution in [0.2, 0.25) is 0 Å². The largest absolute Gasteiger partial charge is 0.130 e. The van der Waals surface area contributed by atoms with Gasteiger partial charge >= 0.3 is 0 Å². The molecular formula is C25H32S. The lowest BCUT2D eigenvalue weighted by molar-refractivity contribution is 0.267. The molecule has 0 spiro atoms. The minimum absolute atomic E-state index is 0.791. The second kappa shape index (κ2) is 7.80. The van der Waals surface area contributed by atoms with Crippen LogP contribution in [0.5, 0.6) is 0 Å². The number of hydrogen-bond acceptors (Lipinski definition) is 1. The molecule has 0 aromatic heterocycles. The molecule has 0 nitrogen and oxygen atoms in total. The van der Waals surface area contributed by atoms with Crippen molar-refractivity contribution in [3.05, 3.63) is 64.2 Å². The van der Waals surface area contributed by atoms with E-state index in [0.29, 0.717) is 0 Å². The monoisotopic (exact) mass is 364 g/mol. The van der Waals surface area contributed by atoms with Crippen LogP contribution in [-0.4, -0.2) is 6.26 Å². The first kappa shape index (κ1) is 18.2. The van der Waals surface area contributed by atoms with E-state index >= 15 is 0 Å². The van der Waals surface area contributed by atoms with Crippen LogP contribution in [0.4, 0.5) is 0 Å². The first-order valence-corrected chi connectivity index (χ1v) is 11.6. The summed E-state index contributed by atoms with van der Waals surface area (Å²) in [4.78, 5) is 1.36. The highest BCUT2D eigenvalue weighted by Gasteiger charge is 2.28. The molecular weight excluding hydrogens is 332 g/mol. The molecule has 2 unspecified atom stereocenters. The van der Waals surface area contributed by atoms with E-state index in [1.807, 2.05) is 11.8 Å². The molecule has 0 saturated heterocycles. The molecule has 2 atom stereocenters. The van der Waals surface area contributed by atoms with Crippen molar-refractivity contribution in [2.75, 3.05) is 6.26 Å². The van der Waals surface area contributed by atoms with Crippen molar-refractivity contribution < 1.29 is 0 Å². The van der Waals surface area contributed by atoms with Gasteiger partial charge in [0.25, 0.3) is 0 Å². The molecule has 2 aliphatic rings. The van der Waals surface area contributed by atoms with Gasteiger partial charge in [0, 0.05) is 4.90 Å². The van der Waals surface area contributed by atoms with Gasteiger partial charge in [-0.15, -0.1) is 11.8 Å². The Morgan fingerprint density at radius 1 is 0.885 bits per heavy atom. The Labute approximate surface area is 163 Å². The van der Waals surface area contributed by atoms with Gasteiger partial charge in [-0.05, 0) is 109 Å². The average molecular weight is 365 g/mol. The number of hydrogen-bond donors (Lipinski definition) is 0. The van der Waals surface area contributed by atoms with Gasteiger partial charge in [0.2, 0.25) is 0 Å². The van der Waals surface area contributed by atoms with E-state index in [9.17, 15) is 0 Å². The Morgan fingerprint density at radius 3 is 2.31 bits per heavy atom. The van der Waals surface area contributed by atoms with Gasteiger partial charge in [-0.1, -0.05) is 38.1 Å². The molecule has 0 N–H and O–H groups in total. The molecule has 0 amide bonds. The lowest BCUT2D eigenvalue weighted by Gasteiger charge is -2.33. The van der Waals surface area contributed by atoms with Gasteiger partial charge in [-0.25, -0.2) is 0 Å². The van der Waals surface area contributed by atoms with Crippen molar-refractivity contribution in [1.82, 2.24) is 0 Å². The number of rotatable bonds is 4. The lowest BCUT2D eigenvalue weighted by Crippen LogP contribution is -2.19. The summed E-state index contributed by atoms with van der Waals surface area (Å²) in [7, 11) is 0. The summed E-state index contributed by atoms with van der Waals surface area (Å²) in [5.41, 5.74) is 8.07. The summed E-state index contributed by atoms with van der Waals surface area (Å²) < 4.78 is 0. The smallest absolute Gasteiger partial charge is 0.00693 e. The van der Waals surface area contributed by atoms with E-state index in [1.165, 1.54) is 54.5 Å². The van der Waals surface area contributed by atoms with Gasteiger partial charge in [0.15, 0.2) is 0 Å². The van der Waals surface area contributed by atoms with Crippen LogP contribution in [0.25, 0.3) is 0 Å². The van der Waals surface area contributed by atoms with E-state index in [1.54, 1.807) is 16.7 Å². The number of benzene rings is 2. The molecule has 0 radical (unpaired) electrons. The highest BCUT2D eigenvalue weighted by Crippen LogP contribution is 2.43. The first-order valence-electron chi connectivity index (χ1n) is 10.4. The number of thioether (sulfide) groups is 1. The third-order valence-corrected chi connectivity index (χ3v) is 7.24. The Balaban J connectivity index is 1.64. The Morgan fingerprint density at radius 2 is 1.62 bits per heavy atom. The Hall–Kier alpha value is -1.21. The van der Waals surface area contributed by atoms with E-state index in [4.69, 9.17) is 0 Å². The fraction of sp³-hybridized carbons (Fsp3) is 0.520. The fourth-order valence-corrected chi connectivity index (χ4v) is 5.86. The summed E-state index contributed by atoms with van der Waals surface area (Å²) in [6.07, 6.45) is 11.4. The number of fused-ring (bicyclic) bond motifs is 1. The molecule has 138 valence electrons.